The largest absolute Gasteiger partial charge is 0.310 e. The summed E-state index contributed by atoms with van der Waals surface area (Å²) in [5.41, 5.74) is 11.7. The van der Waals surface area contributed by atoms with Crippen LogP contribution < -0.4 is 4.90 Å². The average molecular weight is 613 g/mol. The average Bonchev–Trinajstić information content (AvgIpc) is 3.51. The van der Waals surface area contributed by atoms with Gasteiger partial charge in [-0.25, -0.2) is 0 Å². The van der Waals surface area contributed by atoms with Gasteiger partial charge in [0.1, 0.15) is 0 Å². The molecule has 0 amide bonds. The van der Waals surface area contributed by atoms with E-state index < -0.39 is 0 Å². The minimum Gasteiger partial charge on any atom is -0.310 e. The Morgan fingerprint density at radius 1 is 0.375 bits per heavy atom. The lowest BCUT2D eigenvalue weighted by molar-refractivity contribution is 1.18. The molecule has 0 aliphatic heterocycles. The number of benzene rings is 8. The van der Waals surface area contributed by atoms with Crippen LogP contribution in [0.5, 0.6) is 0 Å². The number of hydrogen-bond donors (Lipinski definition) is 0. The predicted molar refractivity (Wildman–Crippen MR) is 204 cm³/mol. The maximum Gasteiger partial charge on any atom is 0.0547 e. The molecule has 0 atom stereocenters. The van der Waals surface area contributed by atoms with Gasteiger partial charge in [-0.2, -0.15) is 0 Å². The molecule has 8 aromatic carbocycles. The molecule has 9 rings (SSSR count). The first-order valence-corrected chi connectivity index (χ1v) is 16.4. The van der Waals surface area contributed by atoms with Crippen LogP contribution in [0.25, 0.3) is 60.5 Å². The second-order valence-corrected chi connectivity index (χ2v) is 12.2. The van der Waals surface area contributed by atoms with E-state index in [1.54, 1.807) is 0 Å². The summed E-state index contributed by atoms with van der Waals surface area (Å²) in [5.74, 6) is 0. The lowest BCUT2D eigenvalue weighted by Gasteiger charge is -2.28. The molecule has 9 aromatic rings. The molecule has 1 heterocycles. The molecule has 0 unspecified atom stereocenters. The first-order valence-electron chi connectivity index (χ1n) is 16.4. The van der Waals surface area contributed by atoms with Crippen molar-refractivity contribution in [2.75, 3.05) is 4.90 Å². The standard InChI is InChI=1S/C46H32N2/c1-3-16-37(17-4-1)47(39-30-28-34(29-31-39)36-27-26-33-14-7-8-15-35(33)32-36)43-23-11-9-20-40(43)41-22-13-25-45-46(41)42-21-10-12-24-44(42)48(45)38-18-5-2-6-19-38/h1-32H. The molecule has 0 saturated carbocycles. The zero-order valence-electron chi connectivity index (χ0n) is 26.4. The van der Waals surface area contributed by atoms with Crippen molar-refractivity contribution >= 4 is 49.6 Å². The predicted octanol–water partition coefficient (Wildman–Crippen LogP) is 12.7. The highest BCUT2D eigenvalue weighted by Crippen LogP contribution is 2.45. The number of anilines is 3. The van der Waals surface area contributed by atoms with Crippen LogP contribution in [0.1, 0.15) is 0 Å². The summed E-state index contributed by atoms with van der Waals surface area (Å²) in [4.78, 5) is 2.38. The fourth-order valence-corrected chi connectivity index (χ4v) is 7.17. The first kappa shape index (κ1) is 27.9. The molecule has 0 bridgehead atoms. The van der Waals surface area contributed by atoms with Crippen molar-refractivity contribution in [2.24, 2.45) is 0 Å². The Morgan fingerprint density at radius 2 is 0.979 bits per heavy atom. The Morgan fingerprint density at radius 3 is 1.81 bits per heavy atom. The molecule has 1 aromatic heterocycles. The van der Waals surface area contributed by atoms with Gasteiger partial charge < -0.3 is 9.47 Å². The van der Waals surface area contributed by atoms with Gasteiger partial charge in [-0.15, -0.1) is 0 Å². The molecule has 0 aliphatic rings. The quantitative estimate of drug-likeness (QED) is 0.181. The van der Waals surface area contributed by atoms with E-state index in [1.807, 2.05) is 0 Å². The van der Waals surface area contributed by atoms with E-state index in [1.165, 1.54) is 54.8 Å². The fraction of sp³-hybridized carbons (Fsp3) is 0. The van der Waals surface area contributed by atoms with Crippen molar-refractivity contribution in [1.82, 2.24) is 4.57 Å². The van der Waals surface area contributed by atoms with E-state index in [-0.39, 0.29) is 0 Å². The normalized spacial score (nSPS) is 11.3. The maximum atomic E-state index is 2.39. The summed E-state index contributed by atoms with van der Waals surface area (Å²) >= 11 is 0. The van der Waals surface area contributed by atoms with E-state index in [0.717, 1.165) is 22.7 Å². The lowest BCUT2D eigenvalue weighted by Crippen LogP contribution is -2.11. The van der Waals surface area contributed by atoms with Crippen molar-refractivity contribution in [2.45, 2.75) is 0 Å². The van der Waals surface area contributed by atoms with Gasteiger partial charge in [0, 0.05) is 33.4 Å². The molecule has 0 aliphatic carbocycles. The van der Waals surface area contributed by atoms with E-state index in [0.29, 0.717) is 0 Å². The highest BCUT2D eigenvalue weighted by Gasteiger charge is 2.21. The third-order valence-corrected chi connectivity index (χ3v) is 9.37. The van der Waals surface area contributed by atoms with Crippen molar-refractivity contribution < 1.29 is 0 Å². The minimum atomic E-state index is 1.11. The molecule has 2 heteroatoms. The fourth-order valence-electron chi connectivity index (χ4n) is 7.17. The molecule has 0 saturated heterocycles. The van der Waals surface area contributed by atoms with E-state index in [4.69, 9.17) is 0 Å². The summed E-state index contributed by atoms with van der Waals surface area (Å²) < 4.78 is 2.39. The van der Waals surface area contributed by atoms with Crippen molar-refractivity contribution in [1.29, 1.82) is 0 Å². The molecule has 2 nitrogen and oxygen atoms in total. The second-order valence-electron chi connectivity index (χ2n) is 12.2. The third kappa shape index (κ3) is 4.74. The van der Waals surface area contributed by atoms with Gasteiger partial charge in [0.25, 0.3) is 0 Å². The van der Waals surface area contributed by atoms with Crippen LogP contribution >= 0.6 is 0 Å². The van der Waals surface area contributed by atoms with Crippen molar-refractivity contribution in [3.8, 4) is 27.9 Å². The van der Waals surface area contributed by atoms with Crippen LogP contribution in [0.15, 0.2) is 194 Å². The topological polar surface area (TPSA) is 8.17 Å². The van der Waals surface area contributed by atoms with Crippen molar-refractivity contribution in [3.05, 3.63) is 194 Å². The monoisotopic (exact) mass is 612 g/mol. The Balaban J connectivity index is 1.23. The zero-order valence-corrected chi connectivity index (χ0v) is 26.4. The number of rotatable bonds is 6. The van der Waals surface area contributed by atoms with Gasteiger partial charge in [-0.1, -0.05) is 133 Å². The van der Waals surface area contributed by atoms with Gasteiger partial charge in [0.05, 0.1) is 16.7 Å². The first-order chi connectivity index (χ1) is 23.8. The maximum absolute atomic E-state index is 2.39. The summed E-state index contributed by atoms with van der Waals surface area (Å²) in [6.45, 7) is 0. The summed E-state index contributed by atoms with van der Waals surface area (Å²) in [6.07, 6.45) is 0. The minimum absolute atomic E-state index is 1.11. The second kappa shape index (κ2) is 11.8. The Labute approximate surface area is 280 Å². The van der Waals surface area contributed by atoms with Gasteiger partial charge in [-0.05, 0) is 88.1 Å². The number of fused-ring (bicyclic) bond motifs is 4. The molecule has 48 heavy (non-hydrogen) atoms. The molecule has 0 radical (unpaired) electrons. The van der Waals surface area contributed by atoms with Crippen LogP contribution in [0.4, 0.5) is 17.1 Å². The van der Waals surface area contributed by atoms with Gasteiger partial charge in [-0.3, -0.25) is 0 Å². The Bertz CT molecular complexity index is 2550. The van der Waals surface area contributed by atoms with Crippen LogP contribution in [0.2, 0.25) is 0 Å². The van der Waals surface area contributed by atoms with Crippen LogP contribution in [-0.2, 0) is 0 Å². The molecular weight excluding hydrogens is 581 g/mol. The van der Waals surface area contributed by atoms with Crippen LogP contribution in [0.3, 0.4) is 0 Å². The summed E-state index contributed by atoms with van der Waals surface area (Å²) in [7, 11) is 0. The van der Waals surface area contributed by atoms with E-state index in [9.17, 15) is 0 Å². The number of hydrogen-bond acceptors (Lipinski definition) is 1. The number of nitrogens with zero attached hydrogens (tertiary/aromatic N) is 2. The van der Waals surface area contributed by atoms with E-state index >= 15 is 0 Å². The van der Waals surface area contributed by atoms with Gasteiger partial charge in [0.2, 0.25) is 0 Å². The summed E-state index contributed by atoms with van der Waals surface area (Å²) in [5, 5.41) is 5.00. The molecule has 226 valence electrons. The zero-order chi connectivity index (χ0) is 31.9. The van der Waals surface area contributed by atoms with Crippen LogP contribution in [-0.4, -0.2) is 4.57 Å². The number of para-hydroxylation sites is 4. The van der Waals surface area contributed by atoms with Gasteiger partial charge in [0.15, 0.2) is 0 Å². The number of aromatic nitrogens is 1. The molecule has 0 N–H and O–H groups in total. The van der Waals surface area contributed by atoms with E-state index in [2.05, 4.69) is 204 Å². The SMILES string of the molecule is c1ccc(N(c2ccc(-c3ccc4ccccc4c3)cc2)c2ccccc2-c2cccc3c2c2ccccc2n3-c2ccccc2)cc1. The van der Waals surface area contributed by atoms with Crippen LogP contribution in [0, 0.1) is 0 Å². The highest BCUT2D eigenvalue weighted by molar-refractivity contribution is 6.17. The Kier molecular flexibility index (Phi) is 6.84. The highest BCUT2D eigenvalue weighted by atomic mass is 15.1. The Hall–Kier alpha value is -6.38. The molecular formula is C46H32N2. The van der Waals surface area contributed by atoms with Gasteiger partial charge >= 0.3 is 0 Å². The summed E-state index contributed by atoms with van der Waals surface area (Å²) in [6, 6.07) is 69.8. The van der Waals surface area contributed by atoms with Crippen molar-refractivity contribution in [3.63, 3.8) is 0 Å². The lowest BCUT2D eigenvalue weighted by atomic mass is 9.96. The molecule has 0 fully saturated rings. The molecule has 0 spiro atoms. The smallest absolute Gasteiger partial charge is 0.0547 e. The third-order valence-electron chi connectivity index (χ3n) is 9.37.